The molecule has 3 heteroatoms. The van der Waals surface area contributed by atoms with Crippen molar-refractivity contribution >= 4 is 11.4 Å². The van der Waals surface area contributed by atoms with Crippen molar-refractivity contribution in [1.29, 1.82) is 0 Å². The first kappa shape index (κ1) is 10.3. The molecule has 1 aromatic heterocycles. The quantitative estimate of drug-likeness (QED) is 0.796. The van der Waals surface area contributed by atoms with Crippen molar-refractivity contribution in [2.45, 2.75) is 32.2 Å². The summed E-state index contributed by atoms with van der Waals surface area (Å²) < 4.78 is 0. The number of rotatable bonds is 3. The van der Waals surface area contributed by atoms with Gasteiger partial charge in [0.05, 0.1) is 23.8 Å². The molecule has 1 fully saturated rings. The Bertz CT molecular complexity index is 324. The largest absolute Gasteiger partial charge is 0.387 e. The van der Waals surface area contributed by atoms with Crippen LogP contribution in [0.3, 0.4) is 0 Å². The molecule has 0 radical (unpaired) electrons. The van der Waals surface area contributed by atoms with E-state index in [9.17, 15) is 0 Å². The van der Waals surface area contributed by atoms with Crippen molar-refractivity contribution in [3.8, 4) is 0 Å². The van der Waals surface area contributed by atoms with E-state index in [-0.39, 0.29) is 0 Å². The van der Waals surface area contributed by atoms with Gasteiger partial charge in [-0.15, -0.1) is 0 Å². The molecule has 15 heavy (non-hydrogen) atoms. The summed E-state index contributed by atoms with van der Waals surface area (Å²) in [5.74, 6) is 0.781. The highest BCUT2D eigenvalue weighted by atomic mass is 15.0. The standard InChI is InChI=1S/C12H19N3/c1-9-4-3-5-12(9)15-11-6-10(13-2)7-14-8-11/h6-9,12-13,15H,3-5H2,1-2H3. The summed E-state index contributed by atoms with van der Waals surface area (Å²) in [6.45, 7) is 2.32. The second-order valence-electron chi connectivity index (χ2n) is 4.37. The highest BCUT2D eigenvalue weighted by Crippen LogP contribution is 2.28. The van der Waals surface area contributed by atoms with Gasteiger partial charge in [0.2, 0.25) is 0 Å². The van der Waals surface area contributed by atoms with E-state index < -0.39 is 0 Å². The molecule has 2 unspecified atom stereocenters. The average molecular weight is 205 g/mol. The maximum absolute atomic E-state index is 4.20. The number of anilines is 2. The molecule has 2 atom stereocenters. The van der Waals surface area contributed by atoms with Crippen LogP contribution in [0, 0.1) is 5.92 Å². The van der Waals surface area contributed by atoms with Crippen LogP contribution in [0.25, 0.3) is 0 Å². The second kappa shape index (κ2) is 4.51. The Morgan fingerprint density at radius 3 is 2.73 bits per heavy atom. The number of hydrogen-bond acceptors (Lipinski definition) is 3. The molecule has 1 aliphatic carbocycles. The summed E-state index contributed by atoms with van der Waals surface area (Å²) in [4.78, 5) is 4.20. The highest BCUT2D eigenvalue weighted by molar-refractivity contribution is 5.54. The van der Waals surface area contributed by atoms with Crippen LogP contribution in [-0.2, 0) is 0 Å². The zero-order chi connectivity index (χ0) is 10.7. The van der Waals surface area contributed by atoms with Crippen LogP contribution in [0.4, 0.5) is 11.4 Å². The van der Waals surface area contributed by atoms with E-state index in [1.54, 1.807) is 0 Å². The molecule has 1 heterocycles. The molecule has 0 amide bonds. The van der Waals surface area contributed by atoms with E-state index in [1.807, 2.05) is 19.4 Å². The molecule has 1 saturated carbocycles. The van der Waals surface area contributed by atoms with E-state index in [1.165, 1.54) is 19.3 Å². The average Bonchev–Trinajstić information content (AvgIpc) is 2.65. The van der Waals surface area contributed by atoms with Crippen molar-refractivity contribution in [1.82, 2.24) is 4.98 Å². The molecule has 82 valence electrons. The van der Waals surface area contributed by atoms with Gasteiger partial charge in [-0.3, -0.25) is 4.98 Å². The third kappa shape index (κ3) is 2.41. The molecule has 0 aliphatic heterocycles. The number of hydrogen-bond donors (Lipinski definition) is 2. The summed E-state index contributed by atoms with van der Waals surface area (Å²) in [6, 6.07) is 2.73. The van der Waals surface area contributed by atoms with E-state index in [0.29, 0.717) is 6.04 Å². The lowest BCUT2D eigenvalue weighted by Gasteiger charge is -2.18. The van der Waals surface area contributed by atoms with Gasteiger partial charge in [0, 0.05) is 13.1 Å². The van der Waals surface area contributed by atoms with Crippen LogP contribution in [0.5, 0.6) is 0 Å². The minimum atomic E-state index is 0.624. The number of nitrogens with one attached hydrogen (secondary N) is 2. The van der Waals surface area contributed by atoms with Gasteiger partial charge in [0.15, 0.2) is 0 Å². The van der Waals surface area contributed by atoms with Gasteiger partial charge in [-0.1, -0.05) is 13.3 Å². The Morgan fingerprint density at radius 1 is 1.27 bits per heavy atom. The Hall–Kier alpha value is -1.25. The first-order valence-corrected chi connectivity index (χ1v) is 5.69. The van der Waals surface area contributed by atoms with Crippen molar-refractivity contribution in [3.05, 3.63) is 18.5 Å². The van der Waals surface area contributed by atoms with Gasteiger partial charge in [0.25, 0.3) is 0 Å². The molecule has 2 rings (SSSR count). The first-order valence-electron chi connectivity index (χ1n) is 5.69. The topological polar surface area (TPSA) is 37.0 Å². The lowest BCUT2D eigenvalue weighted by atomic mass is 10.1. The summed E-state index contributed by atoms with van der Waals surface area (Å²) in [6.07, 6.45) is 7.70. The van der Waals surface area contributed by atoms with Crippen molar-refractivity contribution in [3.63, 3.8) is 0 Å². The smallest absolute Gasteiger partial charge is 0.0549 e. The van der Waals surface area contributed by atoms with Gasteiger partial charge in [-0.2, -0.15) is 0 Å². The maximum atomic E-state index is 4.20. The van der Waals surface area contributed by atoms with Crippen LogP contribution in [0.15, 0.2) is 18.5 Å². The van der Waals surface area contributed by atoms with Crippen molar-refractivity contribution in [2.24, 2.45) is 5.92 Å². The zero-order valence-electron chi connectivity index (χ0n) is 9.46. The Kier molecular flexibility index (Phi) is 3.09. The van der Waals surface area contributed by atoms with E-state index in [2.05, 4.69) is 28.6 Å². The van der Waals surface area contributed by atoms with Crippen LogP contribution < -0.4 is 10.6 Å². The minimum absolute atomic E-state index is 0.624. The van der Waals surface area contributed by atoms with Gasteiger partial charge in [0.1, 0.15) is 0 Å². The maximum Gasteiger partial charge on any atom is 0.0549 e. The van der Waals surface area contributed by atoms with Crippen molar-refractivity contribution in [2.75, 3.05) is 17.7 Å². The molecular formula is C12H19N3. The summed E-state index contributed by atoms with van der Waals surface area (Å²) >= 11 is 0. The molecule has 0 aromatic carbocycles. The normalized spacial score (nSPS) is 25.2. The third-order valence-electron chi connectivity index (χ3n) is 3.24. The molecule has 1 aromatic rings. The molecule has 0 saturated heterocycles. The van der Waals surface area contributed by atoms with Crippen LogP contribution in [0.1, 0.15) is 26.2 Å². The van der Waals surface area contributed by atoms with Crippen LogP contribution in [-0.4, -0.2) is 18.1 Å². The van der Waals surface area contributed by atoms with E-state index >= 15 is 0 Å². The second-order valence-corrected chi connectivity index (χ2v) is 4.37. The molecule has 0 spiro atoms. The summed E-state index contributed by atoms with van der Waals surface area (Å²) in [5, 5.41) is 6.66. The van der Waals surface area contributed by atoms with Crippen molar-refractivity contribution < 1.29 is 0 Å². The number of nitrogens with zero attached hydrogens (tertiary/aromatic N) is 1. The predicted molar refractivity (Wildman–Crippen MR) is 64.2 cm³/mol. The van der Waals surface area contributed by atoms with Crippen LogP contribution >= 0.6 is 0 Å². The molecule has 1 aliphatic rings. The monoisotopic (exact) mass is 205 g/mol. The SMILES string of the molecule is CNc1cncc(NC2CCCC2C)c1. The molecular weight excluding hydrogens is 186 g/mol. The van der Waals surface area contributed by atoms with Gasteiger partial charge in [-0.25, -0.2) is 0 Å². The predicted octanol–water partition coefficient (Wildman–Crippen LogP) is 2.72. The van der Waals surface area contributed by atoms with E-state index in [0.717, 1.165) is 17.3 Å². The fourth-order valence-electron chi connectivity index (χ4n) is 2.23. The molecule has 0 bridgehead atoms. The Morgan fingerprint density at radius 2 is 2.07 bits per heavy atom. The molecule has 3 nitrogen and oxygen atoms in total. The Labute approximate surface area is 91.3 Å². The number of pyridine rings is 1. The first-order chi connectivity index (χ1) is 7.29. The van der Waals surface area contributed by atoms with Gasteiger partial charge < -0.3 is 10.6 Å². The number of aromatic nitrogens is 1. The highest BCUT2D eigenvalue weighted by Gasteiger charge is 2.22. The molecule has 2 N–H and O–H groups in total. The summed E-state index contributed by atoms with van der Waals surface area (Å²) in [7, 11) is 1.92. The Balaban J connectivity index is 2.03. The van der Waals surface area contributed by atoms with Gasteiger partial charge in [-0.05, 0) is 24.8 Å². The third-order valence-corrected chi connectivity index (χ3v) is 3.24. The van der Waals surface area contributed by atoms with Gasteiger partial charge >= 0.3 is 0 Å². The van der Waals surface area contributed by atoms with E-state index in [4.69, 9.17) is 0 Å². The lowest BCUT2D eigenvalue weighted by Crippen LogP contribution is -2.21. The van der Waals surface area contributed by atoms with Crippen LogP contribution in [0.2, 0.25) is 0 Å². The summed E-state index contributed by atoms with van der Waals surface area (Å²) in [5.41, 5.74) is 2.19. The lowest BCUT2D eigenvalue weighted by molar-refractivity contribution is 0.556. The minimum Gasteiger partial charge on any atom is -0.387 e. The fourth-order valence-corrected chi connectivity index (χ4v) is 2.23. The fraction of sp³-hybridized carbons (Fsp3) is 0.583. The zero-order valence-corrected chi connectivity index (χ0v) is 9.46.